The Morgan fingerprint density at radius 2 is 1.93 bits per heavy atom. The lowest BCUT2D eigenvalue weighted by atomic mass is 9.94. The van der Waals surface area contributed by atoms with E-state index in [1.807, 2.05) is 6.07 Å². The summed E-state index contributed by atoms with van der Waals surface area (Å²) in [6.07, 6.45) is 0.797. The highest BCUT2D eigenvalue weighted by molar-refractivity contribution is 7.91. The number of hydrogen-bond donors (Lipinski definition) is 2. The van der Waals surface area contributed by atoms with Crippen LogP contribution in [0.25, 0.3) is 0 Å². The van der Waals surface area contributed by atoms with Gasteiger partial charge >= 0.3 is 0 Å². The fourth-order valence-corrected chi connectivity index (χ4v) is 6.64. The van der Waals surface area contributed by atoms with Gasteiger partial charge in [0.2, 0.25) is 6.79 Å². The van der Waals surface area contributed by atoms with Crippen LogP contribution in [0.15, 0.2) is 18.2 Å². The zero-order valence-corrected chi connectivity index (χ0v) is 16.8. The first-order valence-electron chi connectivity index (χ1n) is 10.1. The number of piperazine rings is 1. The lowest BCUT2D eigenvalue weighted by Gasteiger charge is -2.39. The molecule has 4 aliphatic rings. The molecule has 1 aromatic rings. The van der Waals surface area contributed by atoms with Gasteiger partial charge in [-0.25, -0.2) is 13.8 Å². The van der Waals surface area contributed by atoms with Crippen molar-refractivity contribution >= 4 is 9.84 Å². The number of benzene rings is 1. The number of hydrogen-bond acceptors (Lipinski definition) is 8. The lowest BCUT2D eigenvalue weighted by molar-refractivity contribution is 0.0928. The molecular formula is C19H28N4O4S. The van der Waals surface area contributed by atoms with E-state index in [-0.39, 0.29) is 12.1 Å². The first-order chi connectivity index (χ1) is 13.6. The van der Waals surface area contributed by atoms with E-state index >= 15 is 0 Å². The van der Waals surface area contributed by atoms with Crippen LogP contribution in [0.3, 0.4) is 0 Å². The molecule has 0 radical (unpaired) electrons. The molecule has 2 N–H and O–H groups in total. The summed E-state index contributed by atoms with van der Waals surface area (Å²) in [6, 6.07) is 6.65. The second kappa shape index (κ2) is 7.46. The first kappa shape index (κ1) is 18.6. The normalized spacial score (nSPS) is 32.8. The van der Waals surface area contributed by atoms with Gasteiger partial charge in [0.1, 0.15) is 0 Å². The molecule has 3 saturated heterocycles. The summed E-state index contributed by atoms with van der Waals surface area (Å²) in [5.41, 5.74) is 7.95. The molecule has 0 saturated carbocycles. The van der Waals surface area contributed by atoms with E-state index in [0.717, 1.165) is 57.2 Å². The summed E-state index contributed by atoms with van der Waals surface area (Å²) >= 11 is 0. The number of nitrogens with one attached hydrogen (secondary N) is 2. The van der Waals surface area contributed by atoms with Gasteiger partial charge in [-0.05, 0) is 24.1 Å². The third-order valence-corrected chi connectivity index (χ3v) is 8.22. The van der Waals surface area contributed by atoms with Crippen molar-refractivity contribution in [2.45, 2.75) is 18.5 Å². The highest BCUT2D eigenvalue weighted by Gasteiger charge is 2.35. The van der Waals surface area contributed by atoms with Crippen molar-refractivity contribution < 1.29 is 17.9 Å². The first-order valence-corrected chi connectivity index (χ1v) is 11.9. The van der Waals surface area contributed by atoms with Crippen LogP contribution >= 0.6 is 0 Å². The number of fused-ring (bicyclic) bond motifs is 1. The molecule has 0 aliphatic carbocycles. The smallest absolute Gasteiger partial charge is 0.231 e. The van der Waals surface area contributed by atoms with Gasteiger partial charge in [0, 0.05) is 51.2 Å². The fourth-order valence-electron chi connectivity index (χ4n) is 4.87. The summed E-state index contributed by atoms with van der Waals surface area (Å²) < 4.78 is 34.5. The number of ether oxygens (including phenoxy) is 2. The largest absolute Gasteiger partial charge is 0.454 e. The van der Waals surface area contributed by atoms with Gasteiger partial charge in [-0.15, -0.1) is 0 Å². The van der Waals surface area contributed by atoms with Crippen LogP contribution in [0, 0.1) is 5.92 Å². The SMILES string of the molecule is O=S1(=O)CCC(N2CCN(CC3CNNC3c3ccc4c(c3)OCO4)CC2)C1. The second-order valence-electron chi connectivity index (χ2n) is 8.27. The molecule has 4 heterocycles. The van der Waals surface area contributed by atoms with Crippen molar-refractivity contribution in [3.05, 3.63) is 23.8 Å². The van der Waals surface area contributed by atoms with E-state index < -0.39 is 9.84 Å². The van der Waals surface area contributed by atoms with Gasteiger partial charge in [-0.2, -0.15) is 0 Å². The summed E-state index contributed by atoms with van der Waals surface area (Å²) in [6.45, 7) is 6.17. The molecule has 1 aromatic carbocycles. The van der Waals surface area contributed by atoms with Gasteiger partial charge < -0.3 is 14.4 Å². The van der Waals surface area contributed by atoms with Crippen molar-refractivity contribution in [2.75, 3.05) is 57.6 Å². The molecule has 3 fully saturated rings. The Morgan fingerprint density at radius 3 is 2.71 bits per heavy atom. The van der Waals surface area contributed by atoms with Crippen molar-refractivity contribution in [1.29, 1.82) is 0 Å². The summed E-state index contributed by atoms with van der Waals surface area (Å²) in [5.74, 6) is 2.81. The average molecular weight is 409 g/mol. The van der Waals surface area contributed by atoms with E-state index in [4.69, 9.17) is 9.47 Å². The Morgan fingerprint density at radius 1 is 1.11 bits per heavy atom. The Hall–Kier alpha value is -1.39. The number of hydrazine groups is 1. The van der Waals surface area contributed by atoms with Gasteiger partial charge in [0.05, 0.1) is 17.5 Å². The summed E-state index contributed by atoms with van der Waals surface area (Å²) in [4.78, 5) is 4.89. The second-order valence-corrected chi connectivity index (χ2v) is 10.5. The topological polar surface area (TPSA) is 83.1 Å². The maximum absolute atomic E-state index is 11.8. The van der Waals surface area contributed by atoms with Crippen molar-refractivity contribution in [3.8, 4) is 11.5 Å². The summed E-state index contributed by atoms with van der Waals surface area (Å²) in [7, 11) is -2.81. The van der Waals surface area contributed by atoms with Crippen molar-refractivity contribution in [3.63, 3.8) is 0 Å². The highest BCUT2D eigenvalue weighted by Crippen LogP contribution is 2.36. The lowest BCUT2D eigenvalue weighted by Crippen LogP contribution is -2.51. The maximum Gasteiger partial charge on any atom is 0.231 e. The van der Waals surface area contributed by atoms with Gasteiger partial charge in [-0.1, -0.05) is 6.07 Å². The monoisotopic (exact) mass is 408 g/mol. The highest BCUT2D eigenvalue weighted by atomic mass is 32.2. The molecule has 9 heteroatoms. The predicted octanol–water partition coefficient (Wildman–Crippen LogP) is -0.0149. The van der Waals surface area contributed by atoms with Crippen LogP contribution in [-0.4, -0.2) is 81.8 Å². The van der Waals surface area contributed by atoms with E-state index in [9.17, 15) is 8.42 Å². The van der Waals surface area contributed by atoms with E-state index in [1.54, 1.807) is 0 Å². The minimum Gasteiger partial charge on any atom is -0.454 e. The number of nitrogens with zero attached hydrogens (tertiary/aromatic N) is 2. The van der Waals surface area contributed by atoms with Crippen LogP contribution in [-0.2, 0) is 9.84 Å². The molecule has 0 spiro atoms. The fraction of sp³-hybridized carbons (Fsp3) is 0.684. The van der Waals surface area contributed by atoms with E-state index in [0.29, 0.717) is 24.2 Å². The van der Waals surface area contributed by atoms with Crippen LogP contribution in [0.2, 0.25) is 0 Å². The Bertz CT molecular complexity index is 825. The van der Waals surface area contributed by atoms with Crippen LogP contribution < -0.4 is 20.3 Å². The standard InChI is InChI=1S/C19H28N4O4S/c24-28(25)8-3-16(12-28)23-6-4-22(5-7-23)11-15-10-20-21-19(15)14-1-2-17-18(9-14)27-13-26-17/h1-2,9,15-16,19-21H,3-8,10-13H2. The molecule has 4 aliphatic heterocycles. The van der Waals surface area contributed by atoms with Gasteiger partial charge in [0.25, 0.3) is 0 Å². The molecule has 3 unspecified atom stereocenters. The zero-order chi connectivity index (χ0) is 19.1. The van der Waals surface area contributed by atoms with E-state index in [2.05, 4.69) is 32.8 Å². The minimum absolute atomic E-state index is 0.225. The number of rotatable bonds is 4. The molecule has 5 rings (SSSR count). The van der Waals surface area contributed by atoms with Crippen molar-refractivity contribution in [1.82, 2.24) is 20.7 Å². The molecular weight excluding hydrogens is 380 g/mol. The molecule has 0 bridgehead atoms. The summed E-state index contributed by atoms with van der Waals surface area (Å²) in [5, 5.41) is 0. The minimum atomic E-state index is -2.81. The Balaban J connectivity index is 1.17. The van der Waals surface area contributed by atoms with Crippen LogP contribution in [0.1, 0.15) is 18.0 Å². The molecule has 3 atom stereocenters. The Kier molecular flexibility index (Phi) is 4.96. The molecule has 8 nitrogen and oxygen atoms in total. The zero-order valence-electron chi connectivity index (χ0n) is 16.0. The van der Waals surface area contributed by atoms with Crippen LogP contribution in [0.4, 0.5) is 0 Å². The van der Waals surface area contributed by atoms with Crippen LogP contribution in [0.5, 0.6) is 11.5 Å². The predicted molar refractivity (Wildman–Crippen MR) is 105 cm³/mol. The maximum atomic E-state index is 11.8. The van der Waals surface area contributed by atoms with E-state index in [1.165, 1.54) is 5.56 Å². The molecule has 28 heavy (non-hydrogen) atoms. The third kappa shape index (κ3) is 3.73. The third-order valence-electron chi connectivity index (χ3n) is 6.47. The molecule has 0 aromatic heterocycles. The molecule has 154 valence electrons. The quantitative estimate of drug-likeness (QED) is 0.720. The average Bonchev–Trinajstić information content (AvgIpc) is 3.41. The Labute approximate surface area is 166 Å². The van der Waals surface area contributed by atoms with Crippen molar-refractivity contribution in [2.24, 2.45) is 5.92 Å². The van der Waals surface area contributed by atoms with Gasteiger partial charge in [0.15, 0.2) is 21.3 Å². The number of sulfone groups is 1. The van der Waals surface area contributed by atoms with Gasteiger partial charge in [-0.3, -0.25) is 10.3 Å². The molecule has 0 amide bonds.